The molecule has 2 aliphatic rings. The normalized spacial score (nSPS) is 28.9. The fourth-order valence-corrected chi connectivity index (χ4v) is 3.81. The van der Waals surface area contributed by atoms with E-state index in [-0.39, 0.29) is 0 Å². The molecule has 0 saturated carbocycles. The van der Waals surface area contributed by atoms with Crippen LogP contribution in [0.3, 0.4) is 0 Å². The average molecular weight is 255 g/mol. The zero-order valence-corrected chi connectivity index (χ0v) is 11.8. The molecule has 2 saturated heterocycles. The molecule has 0 N–H and O–H groups in total. The molecular weight excluding hydrogens is 230 g/mol. The molecule has 0 radical (unpaired) electrons. The highest BCUT2D eigenvalue weighted by Crippen LogP contribution is 2.33. The van der Waals surface area contributed by atoms with E-state index in [1.807, 2.05) is 11.8 Å². The number of fused-ring (bicyclic) bond motifs is 2. The predicted octanol–water partition coefficient (Wildman–Crippen LogP) is 3.11. The molecule has 0 aromatic carbocycles. The molecule has 2 fully saturated rings. The second kappa shape index (κ2) is 6.79. The van der Waals surface area contributed by atoms with Crippen LogP contribution in [-0.2, 0) is 4.79 Å². The molecule has 0 aromatic rings. The first-order valence-electron chi connectivity index (χ1n) is 7.07. The third-order valence-electron chi connectivity index (χ3n) is 4.21. The number of rotatable bonds is 7. The Bertz CT molecular complexity index is 241. The summed E-state index contributed by atoms with van der Waals surface area (Å²) in [5, 5.41) is 0. The van der Waals surface area contributed by atoms with E-state index < -0.39 is 0 Å². The van der Waals surface area contributed by atoms with Crippen molar-refractivity contribution in [1.29, 1.82) is 0 Å². The first kappa shape index (κ1) is 13.4. The Balaban J connectivity index is 1.62. The fraction of sp³-hybridized carbons (Fsp3) is 0.929. The van der Waals surface area contributed by atoms with E-state index in [1.165, 1.54) is 50.8 Å². The lowest BCUT2D eigenvalue weighted by molar-refractivity contribution is -0.123. The van der Waals surface area contributed by atoms with Gasteiger partial charge in [-0.15, -0.1) is 0 Å². The maximum atomic E-state index is 11.5. The fourth-order valence-electron chi connectivity index (χ4n) is 3.32. The molecule has 2 nitrogen and oxygen atoms in total. The largest absolute Gasteiger partial charge is 0.300 e. The summed E-state index contributed by atoms with van der Waals surface area (Å²) in [7, 11) is 0. The van der Waals surface area contributed by atoms with Crippen molar-refractivity contribution in [2.24, 2.45) is 0 Å². The minimum atomic E-state index is 0.508. The molecule has 0 amide bonds. The number of carbonyl (C=O) groups is 1. The molecule has 2 aliphatic heterocycles. The van der Waals surface area contributed by atoms with Crippen molar-refractivity contribution in [3.05, 3.63) is 0 Å². The van der Waals surface area contributed by atoms with Crippen molar-refractivity contribution in [1.82, 2.24) is 4.90 Å². The molecule has 2 atom stereocenters. The number of piperidine rings is 1. The molecule has 2 bridgehead atoms. The van der Waals surface area contributed by atoms with Gasteiger partial charge in [-0.1, -0.05) is 12.8 Å². The van der Waals surface area contributed by atoms with E-state index in [9.17, 15) is 4.79 Å². The number of unbranched alkanes of at least 4 members (excludes halogenated alkanes) is 3. The molecule has 0 aliphatic carbocycles. The van der Waals surface area contributed by atoms with Crippen LogP contribution in [0.4, 0.5) is 0 Å². The van der Waals surface area contributed by atoms with Crippen molar-refractivity contribution < 1.29 is 4.79 Å². The number of carbonyl (C=O) groups excluding carboxylic acids is 1. The molecule has 2 unspecified atom stereocenters. The summed E-state index contributed by atoms with van der Waals surface area (Å²) in [5.74, 6) is 1.82. The number of hydrogen-bond acceptors (Lipinski definition) is 3. The van der Waals surface area contributed by atoms with Gasteiger partial charge in [-0.2, -0.15) is 11.8 Å². The van der Waals surface area contributed by atoms with Gasteiger partial charge in [0.2, 0.25) is 0 Å². The maximum Gasteiger partial charge on any atom is 0.136 e. The van der Waals surface area contributed by atoms with Gasteiger partial charge in [0, 0.05) is 24.9 Å². The van der Waals surface area contributed by atoms with Gasteiger partial charge in [0.05, 0.1) is 0 Å². The lowest BCUT2D eigenvalue weighted by Gasteiger charge is -2.33. The molecule has 98 valence electrons. The Labute approximate surface area is 110 Å². The third kappa shape index (κ3) is 3.72. The third-order valence-corrected chi connectivity index (χ3v) is 4.91. The summed E-state index contributed by atoms with van der Waals surface area (Å²) >= 11 is 1.95. The van der Waals surface area contributed by atoms with Gasteiger partial charge in [-0.25, -0.2) is 0 Å². The average Bonchev–Trinajstić information content (AvgIpc) is 2.56. The summed E-state index contributed by atoms with van der Waals surface area (Å²) in [4.78, 5) is 14.1. The predicted molar refractivity (Wildman–Crippen MR) is 74.6 cm³/mol. The first-order chi connectivity index (χ1) is 8.31. The first-order valence-corrected chi connectivity index (χ1v) is 8.47. The Kier molecular flexibility index (Phi) is 5.36. The number of Topliss-reactive ketones (excluding diaryl/α,β-unsaturated/α-hetero) is 1. The molecule has 3 heteroatoms. The number of thioether (sulfide) groups is 1. The van der Waals surface area contributed by atoms with Crippen LogP contribution in [0.5, 0.6) is 0 Å². The van der Waals surface area contributed by atoms with Gasteiger partial charge in [0.1, 0.15) is 5.78 Å². The zero-order chi connectivity index (χ0) is 12.1. The van der Waals surface area contributed by atoms with E-state index in [2.05, 4.69) is 11.2 Å². The van der Waals surface area contributed by atoms with E-state index in [4.69, 9.17) is 0 Å². The van der Waals surface area contributed by atoms with Gasteiger partial charge in [0.25, 0.3) is 0 Å². The second-order valence-corrected chi connectivity index (χ2v) is 6.46. The van der Waals surface area contributed by atoms with Crippen LogP contribution in [-0.4, -0.2) is 41.3 Å². The lowest BCUT2D eigenvalue weighted by atomic mass is 10.0. The van der Waals surface area contributed by atoms with Crippen molar-refractivity contribution in [2.75, 3.05) is 18.6 Å². The smallest absolute Gasteiger partial charge is 0.136 e. The number of hydrogen-bond donors (Lipinski definition) is 0. The maximum absolute atomic E-state index is 11.5. The van der Waals surface area contributed by atoms with Gasteiger partial charge < -0.3 is 0 Å². The monoisotopic (exact) mass is 255 g/mol. The molecule has 17 heavy (non-hydrogen) atoms. The van der Waals surface area contributed by atoms with Crippen molar-refractivity contribution >= 4 is 17.5 Å². The number of ketones is 1. The quantitative estimate of drug-likeness (QED) is 0.652. The molecule has 2 rings (SSSR count). The summed E-state index contributed by atoms with van der Waals surface area (Å²) in [6.45, 7) is 1.24. The standard InChI is InChI=1S/C14H25NOS/c1-17-9-5-3-2-4-8-15-12-6-7-13(15)11-14(16)10-12/h12-13H,2-11H2,1H3. The summed E-state index contributed by atoms with van der Waals surface area (Å²) in [6.07, 6.45) is 11.8. The van der Waals surface area contributed by atoms with Crippen LogP contribution in [0.2, 0.25) is 0 Å². The second-order valence-electron chi connectivity index (χ2n) is 5.48. The highest BCUT2D eigenvalue weighted by Gasteiger charge is 2.39. The molecule has 0 aromatic heterocycles. The Morgan fingerprint density at radius 3 is 2.41 bits per heavy atom. The van der Waals surface area contributed by atoms with E-state index >= 15 is 0 Å². The Morgan fingerprint density at radius 1 is 1.12 bits per heavy atom. The van der Waals surface area contributed by atoms with Crippen molar-refractivity contribution in [3.63, 3.8) is 0 Å². The van der Waals surface area contributed by atoms with Gasteiger partial charge >= 0.3 is 0 Å². The van der Waals surface area contributed by atoms with E-state index in [0.717, 1.165) is 12.8 Å². The van der Waals surface area contributed by atoms with Crippen molar-refractivity contribution in [3.8, 4) is 0 Å². The van der Waals surface area contributed by atoms with Crippen LogP contribution in [0.1, 0.15) is 51.4 Å². The lowest BCUT2D eigenvalue weighted by Crippen LogP contribution is -2.43. The highest BCUT2D eigenvalue weighted by molar-refractivity contribution is 7.98. The van der Waals surface area contributed by atoms with Crippen LogP contribution < -0.4 is 0 Å². The summed E-state index contributed by atoms with van der Waals surface area (Å²) < 4.78 is 0. The van der Waals surface area contributed by atoms with Crippen molar-refractivity contribution in [2.45, 2.75) is 63.5 Å². The van der Waals surface area contributed by atoms with E-state index in [1.54, 1.807) is 0 Å². The summed E-state index contributed by atoms with van der Waals surface area (Å²) in [5.41, 5.74) is 0. The van der Waals surface area contributed by atoms with Gasteiger partial charge in [0.15, 0.2) is 0 Å². The molecular formula is C14H25NOS. The van der Waals surface area contributed by atoms with Gasteiger partial charge in [-0.3, -0.25) is 9.69 Å². The Morgan fingerprint density at radius 2 is 1.76 bits per heavy atom. The minimum absolute atomic E-state index is 0.508. The summed E-state index contributed by atoms with van der Waals surface area (Å²) in [6, 6.07) is 1.21. The number of nitrogens with zero attached hydrogens (tertiary/aromatic N) is 1. The topological polar surface area (TPSA) is 20.3 Å². The van der Waals surface area contributed by atoms with Crippen LogP contribution in [0, 0.1) is 0 Å². The SMILES string of the molecule is CSCCCCCCN1C2CCC1CC(=O)C2. The van der Waals surface area contributed by atoms with Crippen LogP contribution >= 0.6 is 11.8 Å². The highest BCUT2D eigenvalue weighted by atomic mass is 32.2. The molecule has 0 spiro atoms. The van der Waals surface area contributed by atoms with Crippen LogP contribution in [0.25, 0.3) is 0 Å². The van der Waals surface area contributed by atoms with Gasteiger partial charge in [-0.05, 0) is 44.2 Å². The van der Waals surface area contributed by atoms with E-state index in [0.29, 0.717) is 17.9 Å². The zero-order valence-electron chi connectivity index (χ0n) is 11.0. The van der Waals surface area contributed by atoms with Crippen LogP contribution in [0.15, 0.2) is 0 Å². The molecule has 2 heterocycles. The minimum Gasteiger partial charge on any atom is -0.300 e. The Hall–Kier alpha value is -0.0200.